The topological polar surface area (TPSA) is 66.0 Å². The summed E-state index contributed by atoms with van der Waals surface area (Å²) in [5, 5.41) is 0. The van der Waals surface area contributed by atoms with Crippen molar-refractivity contribution in [2.24, 2.45) is 0 Å². The van der Waals surface area contributed by atoms with Gasteiger partial charge in [-0.15, -0.1) is 0 Å². The monoisotopic (exact) mass is 290 g/mol. The highest BCUT2D eigenvalue weighted by atomic mass is 19.3. The predicted molar refractivity (Wildman–Crippen MR) is 74.6 cm³/mol. The predicted octanol–water partition coefficient (Wildman–Crippen LogP) is 2.91. The number of aromatic nitrogens is 3. The SMILES string of the molecule is Cc1ccc2nc(N)n(-c3ccccc3OC(F)F)c2n1. The highest BCUT2D eigenvalue weighted by Crippen LogP contribution is 2.29. The summed E-state index contributed by atoms with van der Waals surface area (Å²) in [6.45, 7) is -1.09. The summed E-state index contributed by atoms with van der Waals surface area (Å²) in [6, 6.07) is 9.97. The van der Waals surface area contributed by atoms with E-state index in [1.165, 1.54) is 10.6 Å². The molecule has 1 aromatic carbocycles. The summed E-state index contributed by atoms with van der Waals surface area (Å²) in [6.07, 6.45) is 0. The number of nitrogen functional groups attached to an aromatic ring is 1. The molecule has 0 aliphatic carbocycles. The lowest BCUT2D eigenvalue weighted by Crippen LogP contribution is -2.08. The van der Waals surface area contributed by atoms with Crippen molar-refractivity contribution in [2.75, 3.05) is 5.73 Å². The fourth-order valence-electron chi connectivity index (χ4n) is 2.14. The molecule has 7 heteroatoms. The number of nitrogens with two attached hydrogens (primary N) is 1. The van der Waals surface area contributed by atoms with E-state index >= 15 is 0 Å². The van der Waals surface area contributed by atoms with Crippen LogP contribution in [0.1, 0.15) is 5.69 Å². The molecule has 0 radical (unpaired) electrons. The summed E-state index contributed by atoms with van der Waals surface area (Å²) in [5.41, 5.74) is 8.14. The largest absolute Gasteiger partial charge is 0.433 e. The quantitative estimate of drug-likeness (QED) is 0.805. The molecule has 0 bridgehead atoms. The molecule has 0 atom stereocenters. The van der Waals surface area contributed by atoms with Crippen LogP contribution in [0.4, 0.5) is 14.7 Å². The lowest BCUT2D eigenvalue weighted by molar-refractivity contribution is -0.0498. The molecule has 108 valence electrons. The zero-order valence-electron chi connectivity index (χ0n) is 11.1. The van der Waals surface area contributed by atoms with Crippen molar-refractivity contribution in [2.45, 2.75) is 13.5 Å². The van der Waals surface area contributed by atoms with E-state index in [-0.39, 0.29) is 11.7 Å². The fraction of sp³-hybridized carbons (Fsp3) is 0.143. The number of imidazole rings is 1. The highest BCUT2D eigenvalue weighted by Gasteiger charge is 2.16. The molecule has 0 unspecified atom stereocenters. The first kappa shape index (κ1) is 13.3. The van der Waals surface area contributed by atoms with Crippen LogP contribution < -0.4 is 10.5 Å². The second kappa shape index (κ2) is 5.01. The molecule has 2 aromatic heterocycles. The van der Waals surface area contributed by atoms with E-state index in [1.807, 2.05) is 6.92 Å². The zero-order valence-corrected chi connectivity index (χ0v) is 11.1. The van der Waals surface area contributed by atoms with Crippen LogP contribution in [-0.2, 0) is 0 Å². The van der Waals surface area contributed by atoms with Crippen LogP contribution in [0.25, 0.3) is 16.9 Å². The van der Waals surface area contributed by atoms with Crippen molar-refractivity contribution in [3.05, 3.63) is 42.1 Å². The van der Waals surface area contributed by atoms with E-state index in [1.54, 1.807) is 30.3 Å². The van der Waals surface area contributed by atoms with E-state index in [0.29, 0.717) is 16.9 Å². The number of hydrogen-bond donors (Lipinski definition) is 1. The Bertz CT molecular complexity index is 801. The Labute approximate surface area is 119 Å². The smallest absolute Gasteiger partial charge is 0.387 e. The van der Waals surface area contributed by atoms with Crippen LogP contribution in [0, 0.1) is 6.92 Å². The van der Waals surface area contributed by atoms with Crippen molar-refractivity contribution >= 4 is 17.1 Å². The van der Waals surface area contributed by atoms with Gasteiger partial charge in [-0.3, -0.25) is 4.57 Å². The van der Waals surface area contributed by atoms with Crippen LogP contribution in [0.3, 0.4) is 0 Å². The Balaban J connectivity index is 2.25. The number of fused-ring (bicyclic) bond motifs is 1. The third kappa shape index (κ3) is 2.37. The molecule has 2 heterocycles. The maximum atomic E-state index is 12.5. The lowest BCUT2D eigenvalue weighted by Gasteiger charge is -2.12. The molecule has 0 aliphatic rings. The van der Waals surface area contributed by atoms with Gasteiger partial charge in [-0.2, -0.15) is 8.78 Å². The summed E-state index contributed by atoms with van der Waals surface area (Å²) in [4.78, 5) is 8.56. The Morgan fingerprint density at radius 1 is 1.14 bits per heavy atom. The van der Waals surface area contributed by atoms with Crippen LogP contribution in [0.5, 0.6) is 5.75 Å². The number of alkyl halides is 2. The number of aryl methyl sites for hydroxylation is 1. The fourth-order valence-corrected chi connectivity index (χ4v) is 2.14. The average Bonchev–Trinajstić information content (AvgIpc) is 2.74. The molecule has 21 heavy (non-hydrogen) atoms. The maximum absolute atomic E-state index is 12.5. The van der Waals surface area contributed by atoms with Crippen molar-refractivity contribution in [1.82, 2.24) is 14.5 Å². The van der Waals surface area contributed by atoms with Crippen LogP contribution >= 0.6 is 0 Å². The maximum Gasteiger partial charge on any atom is 0.387 e. The molecule has 0 spiro atoms. The van der Waals surface area contributed by atoms with Gasteiger partial charge >= 0.3 is 6.61 Å². The number of anilines is 1. The van der Waals surface area contributed by atoms with Crippen molar-refractivity contribution in [1.29, 1.82) is 0 Å². The van der Waals surface area contributed by atoms with Gasteiger partial charge in [0, 0.05) is 5.69 Å². The Morgan fingerprint density at radius 3 is 2.67 bits per heavy atom. The second-order valence-electron chi connectivity index (χ2n) is 4.45. The number of para-hydroxylation sites is 2. The molecule has 0 fully saturated rings. The number of pyridine rings is 1. The molecule has 0 aliphatic heterocycles. The van der Waals surface area contributed by atoms with E-state index < -0.39 is 6.61 Å². The summed E-state index contributed by atoms with van der Waals surface area (Å²) >= 11 is 0. The zero-order chi connectivity index (χ0) is 15.0. The molecule has 0 saturated heterocycles. The molecular formula is C14H12F2N4O. The molecule has 0 saturated carbocycles. The summed E-state index contributed by atoms with van der Waals surface area (Å²) in [5.74, 6) is 0.176. The minimum absolute atomic E-state index is 0.0156. The molecule has 0 amide bonds. The number of hydrogen-bond acceptors (Lipinski definition) is 4. The standard InChI is InChI=1S/C14H12F2N4O/c1-8-6-7-9-12(18-8)20(14(17)19-9)10-4-2-3-5-11(10)21-13(15)16/h2-7,13H,1H3,(H2,17,19). The van der Waals surface area contributed by atoms with Crippen LogP contribution in [0.2, 0.25) is 0 Å². The first-order valence-corrected chi connectivity index (χ1v) is 6.22. The molecule has 5 nitrogen and oxygen atoms in total. The third-order valence-corrected chi connectivity index (χ3v) is 2.99. The highest BCUT2D eigenvalue weighted by molar-refractivity contribution is 5.78. The molecule has 3 rings (SSSR count). The number of ether oxygens (including phenoxy) is 1. The Hall–Kier alpha value is -2.70. The lowest BCUT2D eigenvalue weighted by atomic mass is 10.3. The van der Waals surface area contributed by atoms with E-state index in [4.69, 9.17) is 5.73 Å². The third-order valence-electron chi connectivity index (χ3n) is 2.99. The van der Waals surface area contributed by atoms with Crippen LogP contribution in [0.15, 0.2) is 36.4 Å². The van der Waals surface area contributed by atoms with Gasteiger partial charge in [0.1, 0.15) is 11.3 Å². The van der Waals surface area contributed by atoms with Gasteiger partial charge in [0.2, 0.25) is 5.95 Å². The molecule has 2 N–H and O–H groups in total. The van der Waals surface area contributed by atoms with Gasteiger partial charge in [0.05, 0.1) is 5.69 Å². The first-order valence-electron chi connectivity index (χ1n) is 6.22. The van der Waals surface area contributed by atoms with E-state index in [2.05, 4.69) is 14.7 Å². The average molecular weight is 290 g/mol. The second-order valence-corrected chi connectivity index (χ2v) is 4.45. The minimum Gasteiger partial charge on any atom is -0.433 e. The van der Waals surface area contributed by atoms with Gasteiger partial charge < -0.3 is 10.5 Å². The number of nitrogens with zero attached hydrogens (tertiary/aromatic N) is 3. The van der Waals surface area contributed by atoms with Gasteiger partial charge in [-0.25, -0.2) is 9.97 Å². The Kier molecular flexibility index (Phi) is 3.17. The molecular weight excluding hydrogens is 278 g/mol. The van der Waals surface area contributed by atoms with Gasteiger partial charge in [-0.05, 0) is 31.2 Å². The van der Waals surface area contributed by atoms with Gasteiger partial charge in [0.15, 0.2) is 5.65 Å². The molecule has 3 aromatic rings. The van der Waals surface area contributed by atoms with Crippen LogP contribution in [-0.4, -0.2) is 21.1 Å². The van der Waals surface area contributed by atoms with E-state index in [0.717, 1.165) is 5.69 Å². The van der Waals surface area contributed by atoms with Crippen molar-refractivity contribution in [3.63, 3.8) is 0 Å². The van der Waals surface area contributed by atoms with Gasteiger partial charge in [-0.1, -0.05) is 12.1 Å². The van der Waals surface area contributed by atoms with Crippen molar-refractivity contribution < 1.29 is 13.5 Å². The Morgan fingerprint density at radius 2 is 1.90 bits per heavy atom. The normalized spacial score (nSPS) is 11.2. The summed E-state index contributed by atoms with van der Waals surface area (Å²) in [7, 11) is 0. The van der Waals surface area contributed by atoms with E-state index in [9.17, 15) is 8.78 Å². The van der Waals surface area contributed by atoms with Crippen molar-refractivity contribution in [3.8, 4) is 11.4 Å². The number of rotatable bonds is 3. The number of benzene rings is 1. The first-order chi connectivity index (χ1) is 10.1. The van der Waals surface area contributed by atoms with Gasteiger partial charge in [0.25, 0.3) is 0 Å². The minimum atomic E-state index is -2.92. The summed E-state index contributed by atoms with van der Waals surface area (Å²) < 4.78 is 31.1. The number of halogens is 2.